The van der Waals surface area contributed by atoms with Crippen molar-refractivity contribution in [1.82, 2.24) is 15.6 Å². The van der Waals surface area contributed by atoms with Crippen LogP contribution in [0.2, 0.25) is 5.02 Å². The molecule has 0 aliphatic rings. The van der Waals surface area contributed by atoms with Crippen LogP contribution in [-0.4, -0.2) is 29.9 Å². The number of carbonyl (C=O) groups is 2. The van der Waals surface area contributed by atoms with E-state index in [1.54, 1.807) is 12.3 Å². The predicted octanol–water partition coefficient (Wildman–Crippen LogP) is 4.64. The van der Waals surface area contributed by atoms with Crippen LogP contribution in [0, 0.1) is 6.92 Å². The first-order chi connectivity index (χ1) is 14.5. The molecule has 1 aromatic heterocycles. The van der Waals surface area contributed by atoms with Crippen molar-refractivity contribution >= 4 is 39.9 Å². The monoisotopic (exact) mass is 442 g/mol. The number of thiazole rings is 1. The van der Waals surface area contributed by atoms with E-state index in [2.05, 4.69) is 20.9 Å². The summed E-state index contributed by atoms with van der Waals surface area (Å²) >= 11 is 7.40. The highest BCUT2D eigenvalue weighted by molar-refractivity contribution is 7.17. The third-order valence-electron chi connectivity index (χ3n) is 4.43. The number of aryl methyl sites for hydroxylation is 1. The van der Waals surface area contributed by atoms with Crippen LogP contribution < -0.4 is 16.0 Å². The molecule has 3 aromatic rings. The van der Waals surface area contributed by atoms with Gasteiger partial charge in [-0.2, -0.15) is 0 Å². The number of anilines is 1. The number of carbonyl (C=O) groups excluding carboxylic acids is 2. The Bertz CT molecular complexity index is 1020. The largest absolute Gasteiger partial charge is 0.361 e. The maximum atomic E-state index is 12.6. The number of rotatable bonds is 9. The fraction of sp³-hybridized carbons (Fsp3) is 0.227. The molecule has 1 heterocycles. The van der Waals surface area contributed by atoms with Crippen LogP contribution in [0.3, 0.4) is 0 Å². The number of nitrogens with one attached hydrogen (secondary N) is 3. The van der Waals surface area contributed by atoms with Crippen LogP contribution in [0.4, 0.5) is 9.93 Å². The van der Waals surface area contributed by atoms with Gasteiger partial charge in [0.25, 0.3) is 0 Å². The number of amides is 2. The molecule has 3 rings (SSSR count). The fourth-order valence-electron chi connectivity index (χ4n) is 2.79. The molecule has 0 saturated carbocycles. The van der Waals surface area contributed by atoms with Gasteiger partial charge in [0.2, 0.25) is 5.78 Å². The van der Waals surface area contributed by atoms with E-state index in [1.807, 2.05) is 49.4 Å². The average Bonchev–Trinajstić information content (AvgIpc) is 3.22. The summed E-state index contributed by atoms with van der Waals surface area (Å²) in [5.74, 6) is -0.0180. The second kappa shape index (κ2) is 10.8. The van der Waals surface area contributed by atoms with E-state index in [4.69, 9.17) is 11.6 Å². The minimum absolute atomic E-state index is 0.0180. The number of hydrogen-bond donors (Lipinski definition) is 3. The summed E-state index contributed by atoms with van der Waals surface area (Å²) in [6.45, 7) is 3.45. The molecule has 2 amide bonds. The number of urea groups is 1. The second-order valence-electron chi connectivity index (χ2n) is 6.65. The van der Waals surface area contributed by atoms with E-state index in [1.165, 1.54) is 11.3 Å². The quantitative estimate of drug-likeness (QED) is 0.333. The third-order valence-corrected chi connectivity index (χ3v) is 5.75. The van der Waals surface area contributed by atoms with E-state index in [9.17, 15) is 9.59 Å². The molecule has 0 radical (unpaired) electrons. The molecule has 0 saturated heterocycles. The third kappa shape index (κ3) is 6.05. The Balaban J connectivity index is 1.36. The maximum Gasteiger partial charge on any atom is 0.315 e. The first-order valence-electron chi connectivity index (χ1n) is 9.59. The molecule has 0 aliphatic heterocycles. The number of halogens is 1. The zero-order valence-electron chi connectivity index (χ0n) is 16.6. The average molecular weight is 443 g/mol. The summed E-state index contributed by atoms with van der Waals surface area (Å²) in [6.07, 6.45) is 2.32. The molecule has 2 aromatic carbocycles. The molecule has 6 nitrogen and oxygen atoms in total. The van der Waals surface area contributed by atoms with Gasteiger partial charge in [-0.1, -0.05) is 65.4 Å². The lowest BCUT2D eigenvalue weighted by Crippen LogP contribution is -2.36. The summed E-state index contributed by atoms with van der Waals surface area (Å²) in [5.41, 5.74) is 2.51. The van der Waals surface area contributed by atoms with E-state index >= 15 is 0 Å². The standard InChI is InChI=1S/C22H23ClN4O2S/c1-15-7-2-4-9-17(15)20(28)19-14-27-22(30-19)25-12-6-11-24-21(29)26-13-16-8-3-5-10-18(16)23/h2-5,7-10,14H,6,11-13H2,1H3,(H,25,27)(H2,24,26,29). The Kier molecular flexibility index (Phi) is 7.82. The molecule has 0 fully saturated rings. The van der Waals surface area contributed by atoms with Gasteiger partial charge in [-0.05, 0) is 30.5 Å². The van der Waals surface area contributed by atoms with Crippen molar-refractivity contribution in [1.29, 1.82) is 0 Å². The number of nitrogens with zero attached hydrogens (tertiary/aromatic N) is 1. The first-order valence-corrected chi connectivity index (χ1v) is 10.8. The molecule has 156 valence electrons. The lowest BCUT2D eigenvalue weighted by molar-refractivity contribution is 0.104. The Hall–Kier alpha value is -2.90. The zero-order valence-corrected chi connectivity index (χ0v) is 18.1. The number of ketones is 1. The van der Waals surface area contributed by atoms with Gasteiger partial charge < -0.3 is 16.0 Å². The van der Waals surface area contributed by atoms with Crippen molar-refractivity contribution < 1.29 is 9.59 Å². The molecule has 8 heteroatoms. The van der Waals surface area contributed by atoms with E-state index < -0.39 is 0 Å². The highest BCUT2D eigenvalue weighted by Gasteiger charge is 2.14. The van der Waals surface area contributed by atoms with Crippen molar-refractivity contribution in [3.05, 3.63) is 81.3 Å². The van der Waals surface area contributed by atoms with E-state index in [0.717, 1.165) is 17.5 Å². The van der Waals surface area contributed by atoms with Crippen LogP contribution in [-0.2, 0) is 6.54 Å². The Morgan fingerprint density at radius 2 is 1.80 bits per heavy atom. The van der Waals surface area contributed by atoms with E-state index in [0.29, 0.717) is 40.2 Å². The molecule has 0 atom stereocenters. The van der Waals surface area contributed by atoms with Crippen molar-refractivity contribution in [2.45, 2.75) is 19.9 Å². The topological polar surface area (TPSA) is 83.1 Å². The predicted molar refractivity (Wildman–Crippen MR) is 122 cm³/mol. The van der Waals surface area contributed by atoms with Crippen LogP contribution in [0.5, 0.6) is 0 Å². The van der Waals surface area contributed by atoms with Gasteiger partial charge in [-0.25, -0.2) is 9.78 Å². The smallest absolute Gasteiger partial charge is 0.315 e. The van der Waals surface area contributed by atoms with Crippen LogP contribution in [0.15, 0.2) is 54.7 Å². The minimum Gasteiger partial charge on any atom is -0.361 e. The SMILES string of the molecule is Cc1ccccc1C(=O)c1cnc(NCCCNC(=O)NCc2ccccc2Cl)s1. The van der Waals surface area contributed by atoms with Crippen molar-refractivity contribution in [2.24, 2.45) is 0 Å². The molecule has 0 bridgehead atoms. The Morgan fingerprint density at radius 3 is 2.60 bits per heavy atom. The summed E-state index contributed by atoms with van der Waals surface area (Å²) in [4.78, 5) is 29.3. The summed E-state index contributed by atoms with van der Waals surface area (Å²) < 4.78 is 0. The van der Waals surface area contributed by atoms with Crippen LogP contribution in [0.1, 0.15) is 32.8 Å². The van der Waals surface area contributed by atoms with Crippen molar-refractivity contribution in [3.63, 3.8) is 0 Å². The lowest BCUT2D eigenvalue weighted by atomic mass is 10.0. The zero-order chi connectivity index (χ0) is 21.3. The summed E-state index contributed by atoms with van der Waals surface area (Å²) in [5, 5.41) is 10.1. The molecule has 0 aliphatic carbocycles. The van der Waals surface area contributed by atoms with Gasteiger partial charge in [0.1, 0.15) is 0 Å². The van der Waals surface area contributed by atoms with Gasteiger partial charge in [-0.3, -0.25) is 4.79 Å². The van der Waals surface area contributed by atoms with Gasteiger partial charge >= 0.3 is 6.03 Å². The molecular formula is C22H23ClN4O2S. The van der Waals surface area contributed by atoms with Gasteiger partial charge in [0.15, 0.2) is 5.13 Å². The van der Waals surface area contributed by atoms with Crippen molar-refractivity contribution in [2.75, 3.05) is 18.4 Å². The molecule has 30 heavy (non-hydrogen) atoms. The molecule has 0 spiro atoms. The molecular weight excluding hydrogens is 420 g/mol. The normalized spacial score (nSPS) is 10.5. The van der Waals surface area contributed by atoms with Crippen LogP contribution >= 0.6 is 22.9 Å². The Morgan fingerprint density at radius 1 is 1.03 bits per heavy atom. The van der Waals surface area contributed by atoms with Gasteiger partial charge in [0.05, 0.1) is 11.1 Å². The van der Waals surface area contributed by atoms with Gasteiger partial charge in [-0.15, -0.1) is 0 Å². The second-order valence-corrected chi connectivity index (χ2v) is 8.09. The maximum absolute atomic E-state index is 12.6. The lowest BCUT2D eigenvalue weighted by Gasteiger charge is -2.09. The van der Waals surface area contributed by atoms with E-state index in [-0.39, 0.29) is 11.8 Å². The highest BCUT2D eigenvalue weighted by atomic mass is 35.5. The summed E-state index contributed by atoms with van der Waals surface area (Å²) in [7, 11) is 0. The fourth-order valence-corrected chi connectivity index (χ4v) is 3.79. The first kappa shape index (κ1) is 21.8. The Labute approximate surface area is 184 Å². The molecule has 3 N–H and O–H groups in total. The highest BCUT2D eigenvalue weighted by Crippen LogP contribution is 2.22. The minimum atomic E-state index is -0.240. The molecule has 0 unspecified atom stereocenters. The van der Waals surface area contributed by atoms with Gasteiger partial charge in [0, 0.05) is 30.2 Å². The summed E-state index contributed by atoms with van der Waals surface area (Å²) in [6, 6.07) is 14.7. The number of aromatic nitrogens is 1. The number of benzene rings is 2. The number of hydrogen-bond acceptors (Lipinski definition) is 5. The van der Waals surface area contributed by atoms with Crippen LogP contribution in [0.25, 0.3) is 0 Å². The van der Waals surface area contributed by atoms with Crippen molar-refractivity contribution in [3.8, 4) is 0 Å².